The van der Waals surface area contributed by atoms with E-state index in [4.69, 9.17) is 5.73 Å². The Hall–Kier alpha value is -0.610. The third kappa shape index (κ3) is 3.26. The SMILES string of the molecule is CC1(N)CCCCC1C(=O)N1CCC(C2CCCN2)CC1. The van der Waals surface area contributed by atoms with E-state index in [1.165, 1.54) is 25.8 Å². The van der Waals surface area contributed by atoms with Crippen LogP contribution >= 0.6 is 0 Å². The molecule has 3 aliphatic rings. The fourth-order valence-electron chi connectivity index (χ4n) is 4.62. The largest absolute Gasteiger partial charge is 0.342 e. The highest BCUT2D eigenvalue weighted by atomic mass is 16.2. The normalized spacial score (nSPS) is 38.7. The molecule has 2 heterocycles. The summed E-state index contributed by atoms with van der Waals surface area (Å²) in [6.07, 6.45) is 9.27. The first-order valence-corrected chi connectivity index (χ1v) is 8.89. The molecule has 3 fully saturated rings. The van der Waals surface area contributed by atoms with Gasteiger partial charge in [0.05, 0.1) is 5.92 Å². The molecular weight excluding hydrogens is 262 g/mol. The Labute approximate surface area is 128 Å². The van der Waals surface area contributed by atoms with Crippen molar-refractivity contribution in [2.75, 3.05) is 19.6 Å². The van der Waals surface area contributed by atoms with E-state index >= 15 is 0 Å². The third-order valence-corrected chi connectivity index (χ3v) is 6.07. The van der Waals surface area contributed by atoms with Crippen LogP contribution in [0.25, 0.3) is 0 Å². The van der Waals surface area contributed by atoms with Crippen molar-refractivity contribution in [2.45, 2.75) is 69.9 Å². The summed E-state index contributed by atoms with van der Waals surface area (Å²) in [6, 6.07) is 0.705. The van der Waals surface area contributed by atoms with Crippen molar-refractivity contribution in [1.82, 2.24) is 10.2 Å². The zero-order valence-corrected chi connectivity index (χ0v) is 13.4. The van der Waals surface area contributed by atoms with Gasteiger partial charge in [-0.15, -0.1) is 0 Å². The smallest absolute Gasteiger partial charge is 0.227 e. The minimum Gasteiger partial charge on any atom is -0.342 e. The zero-order chi connectivity index (χ0) is 14.9. The molecule has 1 aliphatic carbocycles. The number of carbonyl (C=O) groups excluding carboxylic acids is 1. The van der Waals surface area contributed by atoms with Gasteiger partial charge in [-0.1, -0.05) is 12.8 Å². The van der Waals surface area contributed by atoms with E-state index in [2.05, 4.69) is 17.1 Å². The second-order valence-electron chi connectivity index (χ2n) is 7.67. The molecule has 0 bridgehead atoms. The highest BCUT2D eigenvalue weighted by molar-refractivity contribution is 5.80. The number of nitrogens with one attached hydrogen (secondary N) is 1. The van der Waals surface area contributed by atoms with Crippen molar-refractivity contribution in [3.8, 4) is 0 Å². The lowest BCUT2D eigenvalue weighted by Gasteiger charge is -2.42. The highest BCUT2D eigenvalue weighted by Crippen LogP contribution is 2.34. The van der Waals surface area contributed by atoms with Gasteiger partial charge in [-0.25, -0.2) is 0 Å². The van der Waals surface area contributed by atoms with Crippen molar-refractivity contribution in [2.24, 2.45) is 17.6 Å². The molecule has 21 heavy (non-hydrogen) atoms. The van der Waals surface area contributed by atoms with Crippen molar-refractivity contribution in [1.29, 1.82) is 0 Å². The van der Waals surface area contributed by atoms with Crippen LogP contribution in [0.5, 0.6) is 0 Å². The lowest BCUT2D eigenvalue weighted by molar-refractivity contribution is -0.140. The van der Waals surface area contributed by atoms with Gasteiger partial charge >= 0.3 is 0 Å². The predicted octanol–water partition coefficient (Wildman–Crippen LogP) is 1.88. The second-order valence-corrected chi connectivity index (χ2v) is 7.67. The van der Waals surface area contributed by atoms with Crippen molar-refractivity contribution in [3.63, 3.8) is 0 Å². The Bertz CT molecular complexity index is 368. The number of likely N-dealkylation sites (tertiary alicyclic amines) is 1. The van der Waals surface area contributed by atoms with E-state index < -0.39 is 0 Å². The predicted molar refractivity (Wildman–Crippen MR) is 84.9 cm³/mol. The molecule has 3 rings (SSSR count). The van der Waals surface area contributed by atoms with Crippen molar-refractivity contribution in [3.05, 3.63) is 0 Å². The second kappa shape index (κ2) is 6.25. The van der Waals surface area contributed by atoms with Crippen LogP contribution in [-0.2, 0) is 4.79 Å². The van der Waals surface area contributed by atoms with Gasteiger partial charge in [0, 0.05) is 24.7 Å². The molecule has 3 N–H and O–H groups in total. The van der Waals surface area contributed by atoms with Crippen LogP contribution in [0.2, 0.25) is 0 Å². The topological polar surface area (TPSA) is 58.4 Å². The Morgan fingerprint density at radius 1 is 1.14 bits per heavy atom. The Kier molecular flexibility index (Phi) is 4.55. The summed E-state index contributed by atoms with van der Waals surface area (Å²) in [6.45, 7) is 5.13. The minimum atomic E-state index is -0.292. The molecule has 2 saturated heterocycles. The van der Waals surface area contributed by atoms with Crippen molar-refractivity contribution >= 4 is 5.91 Å². The molecule has 0 aromatic carbocycles. The molecule has 1 amide bonds. The number of amides is 1. The molecule has 120 valence electrons. The standard InChI is InChI=1S/C17H31N3O/c1-17(18)9-3-2-5-14(17)16(21)20-11-7-13(8-12-20)15-6-4-10-19-15/h13-15,19H,2-12,18H2,1H3. The van der Waals surface area contributed by atoms with Crippen LogP contribution in [0.1, 0.15) is 58.3 Å². The van der Waals surface area contributed by atoms with Gasteiger partial charge in [0.25, 0.3) is 0 Å². The van der Waals surface area contributed by atoms with E-state index in [0.29, 0.717) is 11.9 Å². The summed E-state index contributed by atoms with van der Waals surface area (Å²) in [5, 5.41) is 3.62. The summed E-state index contributed by atoms with van der Waals surface area (Å²) in [5.41, 5.74) is 6.11. The molecule has 4 heteroatoms. The van der Waals surface area contributed by atoms with Gasteiger partial charge in [0.2, 0.25) is 5.91 Å². The third-order valence-electron chi connectivity index (χ3n) is 6.07. The van der Waals surface area contributed by atoms with Gasteiger partial charge in [-0.05, 0) is 57.9 Å². The van der Waals surface area contributed by atoms with E-state index in [9.17, 15) is 4.79 Å². The molecule has 0 aromatic heterocycles. The molecule has 1 saturated carbocycles. The average Bonchev–Trinajstić information content (AvgIpc) is 3.00. The first-order valence-electron chi connectivity index (χ1n) is 8.89. The number of hydrogen-bond acceptors (Lipinski definition) is 3. The Morgan fingerprint density at radius 3 is 2.52 bits per heavy atom. The number of hydrogen-bond donors (Lipinski definition) is 2. The summed E-state index contributed by atoms with van der Waals surface area (Å²) in [4.78, 5) is 14.9. The molecule has 3 unspecified atom stereocenters. The number of nitrogens with zero attached hydrogens (tertiary/aromatic N) is 1. The molecule has 0 spiro atoms. The van der Waals surface area contributed by atoms with Gasteiger partial charge in [0.15, 0.2) is 0 Å². The molecule has 0 aromatic rings. The summed E-state index contributed by atoms with van der Waals surface area (Å²) in [5.74, 6) is 1.15. The van der Waals surface area contributed by atoms with Crippen LogP contribution in [-0.4, -0.2) is 42.0 Å². The van der Waals surface area contributed by atoms with Crippen LogP contribution in [0, 0.1) is 11.8 Å². The van der Waals surface area contributed by atoms with Gasteiger partial charge in [0.1, 0.15) is 0 Å². The Balaban J connectivity index is 1.54. The average molecular weight is 293 g/mol. The summed E-state index contributed by atoms with van der Waals surface area (Å²) < 4.78 is 0. The maximum Gasteiger partial charge on any atom is 0.227 e. The molecule has 4 nitrogen and oxygen atoms in total. The number of piperidine rings is 1. The minimum absolute atomic E-state index is 0.0485. The van der Waals surface area contributed by atoms with Gasteiger partial charge < -0.3 is 16.0 Å². The lowest BCUT2D eigenvalue weighted by atomic mass is 9.73. The van der Waals surface area contributed by atoms with Crippen LogP contribution in [0.4, 0.5) is 0 Å². The van der Waals surface area contributed by atoms with E-state index in [1.54, 1.807) is 0 Å². The van der Waals surface area contributed by atoms with Crippen molar-refractivity contribution < 1.29 is 4.79 Å². The quantitative estimate of drug-likeness (QED) is 0.817. The van der Waals surface area contributed by atoms with Crippen LogP contribution in [0.15, 0.2) is 0 Å². The lowest BCUT2D eigenvalue weighted by Crippen LogP contribution is -2.55. The van der Waals surface area contributed by atoms with Crippen LogP contribution in [0.3, 0.4) is 0 Å². The molecule has 0 radical (unpaired) electrons. The molecule has 2 aliphatic heterocycles. The van der Waals surface area contributed by atoms with E-state index in [0.717, 1.165) is 51.1 Å². The zero-order valence-electron chi connectivity index (χ0n) is 13.4. The maximum atomic E-state index is 12.8. The maximum absolute atomic E-state index is 12.8. The van der Waals surface area contributed by atoms with E-state index in [-0.39, 0.29) is 11.5 Å². The first kappa shape index (κ1) is 15.3. The van der Waals surface area contributed by atoms with Gasteiger partial charge in [-0.2, -0.15) is 0 Å². The number of carbonyl (C=O) groups is 1. The number of nitrogens with two attached hydrogens (primary N) is 1. The highest BCUT2D eigenvalue weighted by Gasteiger charge is 2.41. The fraction of sp³-hybridized carbons (Fsp3) is 0.941. The molecular formula is C17H31N3O. The monoisotopic (exact) mass is 293 g/mol. The van der Waals surface area contributed by atoms with Gasteiger partial charge in [-0.3, -0.25) is 4.79 Å². The van der Waals surface area contributed by atoms with Crippen LogP contribution < -0.4 is 11.1 Å². The fourth-order valence-corrected chi connectivity index (χ4v) is 4.62. The molecule has 3 atom stereocenters. The number of rotatable bonds is 2. The first-order chi connectivity index (χ1) is 10.1. The Morgan fingerprint density at radius 2 is 1.90 bits per heavy atom. The summed E-state index contributed by atoms with van der Waals surface area (Å²) >= 11 is 0. The summed E-state index contributed by atoms with van der Waals surface area (Å²) in [7, 11) is 0. The van der Waals surface area contributed by atoms with E-state index in [1.807, 2.05) is 0 Å².